The van der Waals surface area contributed by atoms with Crippen LogP contribution in [0.3, 0.4) is 0 Å². The minimum Gasteiger partial charge on any atom is -0.388 e. The molecule has 2 saturated heterocycles. The molecule has 20 heavy (non-hydrogen) atoms. The third-order valence-corrected chi connectivity index (χ3v) is 4.85. The first kappa shape index (κ1) is 13.9. The molecule has 0 radical (unpaired) electrons. The number of aliphatic hydroxyl groups is 1. The second-order valence-corrected chi connectivity index (χ2v) is 6.15. The summed E-state index contributed by atoms with van der Waals surface area (Å²) in [6.07, 6.45) is 4.50. The lowest BCUT2D eigenvalue weighted by Crippen LogP contribution is -2.35. The highest BCUT2D eigenvalue weighted by Gasteiger charge is 2.29. The minimum atomic E-state index is -0.319. The molecule has 1 aromatic rings. The Labute approximate surface area is 122 Å². The molecular formula is C17H26N2O. The molecule has 3 heteroatoms. The molecule has 0 saturated carbocycles. The molecule has 2 unspecified atom stereocenters. The molecule has 2 aliphatic rings. The maximum Gasteiger partial charge on any atom is 0.0787 e. The van der Waals surface area contributed by atoms with Crippen LogP contribution in [0.2, 0.25) is 0 Å². The number of benzene rings is 1. The molecule has 2 aliphatic heterocycles. The summed E-state index contributed by atoms with van der Waals surface area (Å²) >= 11 is 0. The first-order valence-corrected chi connectivity index (χ1v) is 8.05. The maximum absolute atomic E-state index is 9.85. The van der Waals surface area contributed by atoms with Crippen molar-refractivity contribution < 1.29 is 5.11 Å². The molecule has 0 aromatic heterocycles. The van der Waals surface area contributed by atoms with E-state index in [9.17, 15) is 5.11 Å². The predicted molar refractivity (Wildman–Crippen MR) is 83.1 cm³/mol. The normalized spacial score (nSPS) is 25.3. The molecule has 3 rings (SSSR count). The van der Waals surface area contributed by atoms with Crippen LogP contribution in [0, 0.1) is 0 Å². The van der Waals surface area contributed by atoms with Gasteiger partial charge in [-0.3, -0.25) is 4.90 Å². The van der Waals surface area contributed by atoms with Gasteiger partial charge in [-0.05, 0) is 56.5 Å². The fourth-order valence-electron chi connectivity index (χ4n) is 3.52. The summed E-state index contributed by atoms with van der Waals surface area (Å²) in [5.74, 6) is 0. The molecule has 1 N–H and O–H groups in total. The van der Waals surface area contributed by atoms with E-state index in [4.69, 9.17) is 0 Å². The van der Waals surface area contributed by atoms with Crippen molar-refractivity contribution in [1.29, 1.82) is 0 Å². The Hall–Kier alpha value is -1.06. The fourth-order valence-corrected chi connectivity index (χ4v) is 3.52. The molecule has 2 fully saturated rings. The largest absolute Gasteiger partial charge is 0.388 e. The van der Waals surface area contributed by atoms with Crippen LogP contribution in [-0.2, 0) is 0 Å². The first-order valence-electron chi connectivity index (χ1n) is 8.05. The van der Waals surface area contributed by atoms with Gasteiger partial charge in [0.25, 0.3) is 0 Å². The Balaban J connectivity index is 1.62. The number of nitrogens with zero attached hydrogens (tertiary/aromatic N) is 2. The van der Waals surface area contributed by atoms with E-state index in [1.807, 2.05) is 6.92 Å². The Morgan fingerprint density at radius 2 is 1.85 bits per heavy atom. The summed E-state index contributed by atoms with van der Waals surface area (Å²) in [6, 6.07) is 9.24. The standard InChI is InChI=1S/C17H26N2O/c1-2-17(20)14-5-7-15(8-6-14)19-12-9-16(13-19)18-10-3-4-11-18/h5-8,16-17,20H,2-4,9-13H2,1H3. The SMILES string of the molecule is CCC(O)c1ccc(N2CCC(N3CCCC3)C2)cc1. The molecule has 2 atom stereocenters. The highest BCUT2D eigenvalue weighted by atomic mass is 16.3. The van der Waals surface area contributed by atoms with Gasteiger partial charge in [-0.2, -0.15) is 0 Å². The van der Waals surface area contributed by atoms with E-state index in [0.717, 1.165) is 31.1 Å². The summed E-state index contributed by atoms with van der Waals surface area (Å²) in [5.41, 5.74) is 2.34. The topological polar surface area (TPSA) is 26.7 Å². The van der Waals surface area contributed by atoms with Crippen molar-refractivity contribution in [3.8, 4) is 0 Å². The van der Waals surface area contributed by atoms with Gasteiger partial charge in [0.05, 0.1) is 6.10 Å². The van der Waals surface area contributed by atoms with E-state index in [2.05, 4.69) is 34.1 Å². The number of rotatable bonds is 4. The molecular weight excluding hydrogens is 248 g/mol. The van der Waals surface area contributed by atoms with Crippen LogP contribution in [0.1, 0.15) is 44.3 Å². The highest BCUT2D eigenvalue weighted by Crippen LogP contribution is 2.27. The lowest BCUT2D eigenvalue weighted by Gasteiger charge is -2.24. The summed E-state index contributed by atoms with van der Waals surface area (Å²) in [7, 11) is 0. The van der Waals surface area contributed by atoms with Crippen LogP contribution in [0.4, 0.5) is 5.69 Å². The van der Waals surface area contributed by atoms with Gasteiger partial charge >= 0.3 is 0 Å². The monoisotopic (exact) mass is 274 g/mol. The maximum atomic E-state index is 9.85. The molecule has 0 spiro atoms. The molecule has 1 aromatic carbocycles. The third kappa shape index (κ3) is 2.84. The van der Waals surface area contributed by atoms with Crippen molar-refractivity contribution in [1.82, 2.24) is 4.90 Å². The zero-order valence-corrected chi connectivity index (χ0v) is 12.5. The van der Waals surface area contributed by atoms with Gasteiger partial charge in [-0.25, -0.2) is 0 Å². The molecule has 110 valence electrons. The van der Waals surface area contributed by atoms with Crippen LogP contribution in [0.15, 0.2) is 24.3 Å². The van der Waals surface area contributed by atoms with Gasteiger partial charge in [0.15, 0.2) is 0 Å². The van der Waals surface area contributed by atoms with Crippen molar-refractivity contribution in [2.45, 2.75) is 44.8 Å². The molecule has 0 bridgehead atoms. The average molecular weight is 274 g/mol. The van der Waals surface area contributed by atoms with Gasteiger partial charge < -0.3 is 10.0 Å². The van der Waals surface area contributed by atoms with E-state index >= 15 is 0 Å². The van der Waals surface area contributed by atoms with Gasteiger partial charge in [0, 0.05) is 24.8 Å². The van der Waals surface area contributed by atoms with Crippen LogP contribution >= 0.6 is 0 Å². The second kappa shape index (κ2) is 6.15. The molecule has 0 amide bonds. The Morgan fingerprint density at radius 3 is 2.50 bits per heavy atom. The van der Waals surface area contributed by atoms with Crippen molar-refractivity contribution >= 4 is 5.69 Å². The number of hydrogen-bond acceptors (Lipinski definition) is 3. The Bertz CT molecular complexity index is 425. The number of anilines is 1. The summed E-state index contributed by atoms with van der Waals surface area (Å²) in [6.45, 7) is 6.92. The van der Waals surface area contributed by atoms with Crippen LogP contribution < -0.4 is 4.90 Å². The van der Waals surface area contributed by atoms with Crippen molar-refractivity contribution in [2.24, 2.45) is 0 Å². The van der Waals surface area contributed by atoms with Crippen molar-refractivity contribution in [2.75, 3.05) is 31.1 Å². The van der Waals surface area contributed by atoms with Gasteiger partial charge in [-0.15, -0.1) is 0 Å². The smallest absolute Gasteiger partial charge is 0.0787 e. The van der Waals surface area contributed by atoms with E-state index in [-0.39, 0.29) is 6.10 Å². The van der Waals surface area contributed by atoms with Crippen molar-refractivity contribution in [3.63, 3.8) is 0 Å². The lowest BCUT2D eigenvalue weighted by molar-refractivity contribution is 0.173. The zero-order valence-electron chi connectivity index (χ0n) is 12.5. The number of hydrogen-bond donors (Lipinski definition) is 1. The predicted octanol–water partition coefficient (Wildman–Crippen LogP) is 2.80. The third-order valence-electron chi connectivity index (χ3n) is 4.85. The van der Waals surface area contributed by atoms with E-state index in [1.165, 1.54) is 38.0 Å². The van der Waals surface area contributed by atoms with Crippen LogP contribution in [0.5, 0.6) is 0 Å². The molecule has 2 heterocycles. The molecule has 0 aliphatic carbocycles. The molecule has 3 nitrogen and oxygen atoms in total. The fraction of sp³-hybridized carbons (Fsp3) is 0.647. The zero-order chi connectivity index (χ0) is 13.9. The lowest BCUT2D eigenvalue weighted by atomic mass is 10.1. The average Bonchev–Trinajstić information content (AvgIpc) is 3.17. The van der Waals surface area contributed by atoms with Gasteiger partial charge in [0.1, 0.15) is 0 Å². The van der Waals surface area contributed by atoms with Crippen LogP contribution in [-0.4, -0.2) is 42.2 Å². The van der Waals surface area contributed by atoms with E-state index in [0.29, 0.717) is 0 Å². The first-order chi connectivity index (χ1) is 9.78. The van der Waals surface area contributed by atoms with Gasteiger partial charge in [0.2, 0.25) is 0 Å². The van der Waals surface area contributed by atoms with Gasteiger partial charge in [-0.1, -0.05) is 19.1 Å². The number of aliphatic hydroxyl groups excluding tert-OH is 1. The summed E-state index contributed by atoms with van der Waals surface area (Å²) in [5, 5.41) is 9.85. The Kier molecular flexibility index (Phi) is 4.27. The van der Waals surface area contributed by atoms with Crippen LogP contribution in [0.25, 0.3) is 0 Å². The van der Waals surface area contributed by atoms with Crippen molar-refractivity contribution in [3.05, 3.63) is 29.8 Å². The number of likely N-dealkylation sites (tertiary alicyclic amines) is 1. The minimum absolute atomic E-state index is 0.319. The van der Waals surface area contributed by atoms with E-state index < -0.39 is 0 Å². The summed E-state index contributed by atoms with van der Waals surface area (Å²) in [4.78, 5) is 5.15. The second-order valence-electron chi connectivity index (χ2n) is 6.15. The Morgan fingerprint density at radius 1 is 1.15 bits per heavy atom. The highest BCUT2D eigenvalue weighted by molar-refractivity contribution is 5.49. The van der Waals surface area contributed by atoms with E-state index in [1.54, 1.807) is 0 Å². The quantitative estimate of drug-likeness (QED) is 0.914. The summed E-state index contributed by atoms with van der Waals surface area (Å²) < 4.78 is 0.